The molecule has 0 saturated carbocycles. The summed E-state index contributed by atoms with van der Waals surface area (Å²) >= 11 is 0. The molecule has 1 atom stereocenters. The molecule has 1 amide bonds. The maximum absolute atomic E-state index is 12.3. The van der Waals surface area contributed by atoms with Crippen LogP contribution in [0, 0.1) is 0 Å². The highest BCUT2D eigenvalue weighted by Gasteiger charge is 2.24. The van der Waals surface area contributed by atoms with E-state index in [9.17, 15) is 4.79 Å². The second-order valence-electron chi connectivity index (χ2n) is 4.93. The number of morpholine rings is 1. The van der Waals surface area contributed by atoms with E-state index in [0.717, 1.165) is 5.56 Å². The predicted octanol–water partition coefficient (Wildman–Crippen LogP) is 0.663. The Bertz CT molecular complexity index is 572. The third-order valence-corrected chi connectivity index (χ3v) is 3.54. The molecule has 1 aromatic carbocycles. The molecule has 0 radical (unpaired) electrons. The van der Waals surface area contributed by atoms with Gasteiger partial charge in [-0.3, -0.25) is 4.79 Å². The molecule has 2 aromatic rings. The van der Waals surface area contributed by atoms with Crippen molar-refractivity contribution in [1.82, 2.24) is 25.1 Å². The lowest BCUT2D eigenvalue weighted by molar-refractivity contribution is -0.139. The number of hydrogen-bond acceptors (Lipinski definition) is 5. The molecule has 110 valence electrons. The Hall–Kier alpha value is -2.28. The number of rotatable bonds is 4. The van der Waals surface area contributed by atoms with Gasteiger partial charge in [-0.1, -0.05) is 30.3 Å². The number of ether oxygens (including phenoxy) is 1. The Balaban J connectivity index is 1.56. The number of hydrogen-bond donors (Lipinski definition) is 0. The summed E-state index contributed by atoms with van der Waals surface area (Å²) in [5, 5.41) is 10.9. The van der Waals surface area contributed by atoms with E-state index >= 15 is 0 Å². The van der Waals surface area contributed by atoms with E-state index in [1.807, 2.05) is 35.2 Å². The molecule has 3 rings (SSSR count). The van der Waals surface area contributed by atoms with Crippen LogP contribution in [0.2, 0.25) is 0 Å². The molecule has 0 unspecified atom stereocenters. The number of carbonyl (C=O) groups is 1. The number of benzene rings is 1. The second-order valence-corrected chi connectivity index (χ2v) is 4.93. The zero-order chi connectivity index (χ0) is 14.5. The zero-order valence-corrected chi connectivity index (χ0v) is 11.6. The van der Waals surface area contributed by atoms with Crippen molar-refractivity contribution < 1.29 is 9.53 Å². The minimum absolute atomic E-state index is 0.0445. The standard InChI is InChI=1S/C14H17N5O2/c20-14(6-7-19-11-15-16-17-19)18-8-9-21-13(10-18)12-4-2-1-3-5-12/h1-5,11,13H,6-10H2/t13-/m1/s1. The molecule has 0 N–H and O–H groups in total. The fourth-order valence-electron chi connectivity index (χ4n) is 2.40. The summed E-state index contributed by atoms with van der Waals surface area (Å²) in [6.45, 7) is 2.30. The van der Waals surface area contributed by atoms with Crippen molar-refractivity contribution in [2.24, 2.45) is 0 Å². The van der Waals surface area contributed by atoms with Crippen molar-refractivity contribution in [1.29, 1.82) is 0 Å². The molecule has 7 nitrogen and oxygen atoms in total. The molecule has 7 heteroatoms. The van der Waals surface area contributed by atoms with Crippen LogP contribution >= 0.6 is 0 Å². The normalized spacial score (nSPS) is 18.7. The Morgan fingerprint density at radius 3 is 2.95 bits per heavy atom. The fourth-order valence-corrected chi connectivity index (χ4v) is 2.40. The van der Waals surface area contributed by atoms with Crippen LogP contribution in [0.1, 0.15) is 18.1 Å². The molecule has 0 spiro atoms. The highest BCUT2D eigenvalue weighted by molar-refractivity contribution is 5.76. The van der Waals surface area contributed by atoms with Crippen LogP contribution in [0.15, 0.2) is 36.7 Å². The van der Waals surface area contributed by atoms with Crippen LogP contribution < -0.4 is 0 Å². The van der Waals surface area contributed by atoms with E-state index in [1.54, 1.807) is 4.68 Å². The molecular weight excluding hydrogens is 270 g/mol. The van der Waals surface area contributed by atoms with Crippen molar-refractivity contribution in [3.8, 4) is 0 Å². The Labute approximate surface area is 122 Å². The SMILES string of the molecule is O=C(CCn1cnnn1)N1CCO[C@@H](c2ccccc2)C1. The van der Waals surface area contributed by atoms with Crippen molar-refractivity contribution in [3.05, 3.63) is 42.2 Å². The number of carbonyl (C=O) groups excluding carboxylic acids is 1. The molecule has 1 fully saturated rings. The summed E-state index contributed by atoms with van der Waals surface area (Å²) in [5.74, 6) is 0.106. The van der Waals surface area contributed by atoms with Gasteiger partial charge >= 0.3 is 0 Å². The van der Waals surface area contributed by atoms with E-state index in [4.69, 9.17) is 4.74 Å². The zero-order valence-electron chi connectivity index (χ0n) is 11.6. The summed E-state index contributed by atoms with van der Waals surface area (Å²) in [6, 6.07) is 10.00. The lowest BCUT2D eigenvalue weighted by Gasteiger charge is -2.33. The molecule has 2 heterocycles. The monoisotopic (exact) mass is 287 g/mol. The quantitative estimate of drug-likeness (QED) is 0.826. The van der Waals surface area contributed by atoms with Crippen LogP contribution in [-0.4, -0.2) is 50.7 Å². The maximum atomic E-state index is 12.3. The molecule has 1 aliphatic heterocycles. The van der Waals surface area contributed by atoms with Crippen LogP contribution in [0.25, 0.3) is 0 Å². The van der Waals surface area contributed by atoms with Gasteiger partial charge in [0.2, 0.25) is 5.91 Å². The minimum Gasteiger partial charge on any atom is -0.370 e. The Kier molecular flexibility index (Phi) is 4.20. The first kappa shape index (κ1) is 13.7. The molecule has 0 aliphatic carbocycles. The van der Waals surface area contributed by atoms with Gasteiger partial charge in [-0.2, -0.15) is 0 Å². The molecule has 0 bridgehead atoms. The third kappa shape index (κ3) is 3.43. The number of amides is 1. The van der Waals surface area contributed by atoms with E-state index in [1.165, 1.54) is 6.33 Å². The van der Waals surface area contributed by atoms with Gasteiger partial charge in [0, 0.05) is 13.0 Å². The average Bonchev–Trinajstić information content (AvgIpc) is 3.07. The van der Waals surface area contributed by atoms with Crippen LogP contribution in [0.5, 0.6) is 0 Å². The molecule has 1 aromatic heterocycles. The van der Waals surface area contributed by atoms with Crippen LogP contribution in [0.3, 0.4) is 0 Å². The van der Waals surface area contributed by atoms with Gasteiger partial charge in [-0.05, 0) is 16.0 Å². The Morgan fingerprint density at radius 1 is 1.33 bits per heavy atom. The van der Waals surface area contributed by atoms with Gasteiger partial charge < -0.3 is 9.64 Å². The van der Waals surface area contributed by atoms with Gasteiger partial charge in [-0.25, -0.2) is 4.68 Å². The second kappa shape index (κ2) is 6.45. The minimum atomic E-state index is -0.0445. The topological polar surface area (TPSA) is 73.1 Å². The van der Waals surface area contributed by atoms with Crippen LogP contribution in [-0.2, 0) is 16.1 Å². The first-order valence-electron chi connectivity index (χ1n) is 6.98. The first-order valence-corrected chi connectivity index (χ1v) is 6.98. The summed E-state index contributed by atoms with van der Waals surface area (Å²) in [5.41, 5.74) is 1.11. The van der Waals surface area contributed by atoms with E-state index < -0.39 is 0 Å². The van der Waals surface area contributed by atoms with Gasteiger partial charge in [-0.15, -0.1) is 5.10 Å². The van der Waals surface area contributed by atoms with Gasteiger partial charge in [0.1, 0.15) is 12.4 Å². The Morgan fingerprint density at radius 2 is 2.19 bits per heavy atom. The predicted molar refractivity (Wildman–Crippen MR) is 74.1 cm³/mol. The van der Waals surface area contributed by atoms with Crippen molar-refractivity contribution >= 4 is 5.91 Å². The summed E-state index contributed by atoms with van der Waals surface area (Å²) in [4.78, 5) is 14.1. The van der Waals surface area contributed by atoms with Gasteiger partial charge in [0.25, 0.3) is 0 Å². The summed E-state index contributed by atoms with van der Waals surface area (Å²) in [6.07, 6.45) is 1.86. The smallest absolute Gasteiger partial charge is 0.224 e. The first-order chi connectivity index (χ1) is 10.3. The fraction of sp³-hybridized carbons (Fsp3) is 0.429. The highest BCUT2D eigenvalue weighted by Crippen LogP contribution is 2.22. The van der Waals surface area contributed by atoms with E-state index in [2.05, 4.69) is 15.5 Å². The summed E-state index contributed by atoms with van der Waals surface area (Å²) in [7, 11) is 0. The largest absolute Gasteiger partial charge is 0.370 e. The highest BCUT2D eigenvalue weighted by atomic mass is 16.5. The number of nitrogens with zero attached hydrogens (tertiary/aromatic N) is 5. The van der Waals surface area contributed by atoms with Gasteiger partial charge in [0.15, 0.2) is 0 Å². The van der Waals surface area contributed by atoms with Crippen molar-refractivity contribution in [2.75, 3.05) is 19.7 Å². The third-order valence-electron chi connectivity index (χ3n) is 3.54. The number of aryl methyl sites for hydroxylation is 1. The van der Waals surface area contributed by atoms with E-state index in [0.29, 0.717) is 32.7 Å². The van der Waals surface area contributed by atoms with Crippen molar-refractivity contribution in [2.45, 2.75) is 19.1 Å². The molecule has 1 aliphatic rings. The van der Waals surface area contributed by atoms with Crippen molar-refractivity contribution in [3.63, 3.8) is 0 Å². The molecular formula is C14H17N5O2. The maximum Gasteiger partial charge on any atom is 0.224 e. The van der Waals surface area contributed by atoms with Crippen LogP contribution in [0.4, 0.5) is 0 Å². The number of tetrazole rings is 1. The lowest BCUT2D eigenvalue weighted by atomic mass is 10.1. The number of aromatic nitrogens is 4. The van der Waals surface area contributed by atoms with Gasteiger partial charge in [0.05, 0.1) is 19.7 Å². The average molecular weight is 287 g/mol. The van der Waals surface area contributed by atoms with E-state index in [-0.39, 0.29) is 12.0 Å². The lowest BCUT2D eigenvalue weighted by Crippen LogP contribution is -2.42. The molecule has 21 heavy (non-hydrogen) atoms. The summed E-state index contributed by atoms with van der Waals surface area (Å²) < 4.78 is 7.33. The molecule has 1 saturated heterocycles.